The minimum absolute atomic E-state index is 0.311. The van der Waals surface area contributed by atoms with Crippen LogP contribution in [-0.2, 0) is 0 Å². The van der Waals surface area contributed by atoms with Crippen molar-refractivity contribution in [1.82, 2.24) is 0 Å². The van der Waals surface area contributed by atoms with Gasteiger partial charge in [0.2, 0.25) is 0 Å². The molecule has 0 aliphatic carbocycles. The molecule has 2 heteroatoms. The largest absolute Gasteiger partial charge is 0.507 e. The molecule has 1 N–H and O–H groups in total. The topological polar surface area (TPSA) is 20.2 Å². The lowest BCUT2D eigenvalue weighted by atomic mass is 10.1. The first-order valence-corrected chi connectivity index (χ1v) is 6.63. The lowest BCUT2D eigenvalue weighted by Crippen LogP contribution is -1.78. The Hall–Kier alpha value is -1.67. The fourth-order valence-electron chi connectivity index (χ4n) is 1.61. The van der Waals surface area contributed by atoms with Crippen LogP contribution in [0.2, 0.25) is 0 Å². The molecule has 2 rings (SSSR count). The number of para-hydroxylation sites is 1. The van der Waals surface area contributed by atoms with Crippen LogP contribution in [0, 0.1) is 0 Å². The van der Waals surface area contributed by atoms with E-state index in [9.17, 15) is 5.11 Å². The number of benzene rings is 2. The van der Waals surface area contributed by atoms with E-state index in [-0.39, 0.29) is 0 Å². The van der Waals surface area contributed by atoms with E-state index in [0.29, 0.717) is 5.75 Å². The Morgan fingerprint density at radius 3 is 2.18 bits per heavy atom. The lowest BCUT2D eigenvalue weighted by Gasteiger charge is -2.02. The molecule has 1 nitrogen and oxygen atoms in total. The first kappa shape index (κ1) is 11.8. The Kier molecular flexibility index (Phi) is 3.89. The molecule has 0 saturated heterocycles. The van der Waals surface area contributed by atoms with Gasteiger partial charge in [-0.1, -0.05) is 48.6 Å². The number of rotatable bonds is 3. The normalized spacial score (nSPS) is 10.9. The van der Waals surface area contributed by atoms with Crippen LogP contribution in [0.1, 0.15) is 11.1 Å². The Morgan fingerprint density at radius 2 is 1.47 bits per heavy atom. The molecule has 0 aliphatic rings. The van der Waals surface area contributed by atoms with Gasteiger partial charge in [0.15, 0.2) is 0 Å². The molecule has 2 aromatic rings. The fraction of sp³-hybridized carbons (Fsp3) is 0.0667. The SMILES string of the molecule is CSc1ccccc1/C=C/c1ccccc1O. The third kappa shape index (κ3) is 2.92. The van der Waals surface area contributed by atoms with Gasteiger partial charge in [-0.3, -0.25) is 0 Å². The summed E-state index contributed by atoms with van der Waals surface area (Å²) in [6.45, 7) is 0. The van der Waals surface area contributed by atoms with E-state index < -0.39 is 0 Å². The van der Waals surface area contributed by atoms with Crippen molar-refractivity contribution in [1.29, 1.82) is 0 Å². The van der Waals surface area contributed by atoms with Gasteiger partial charge in [-0.15, -0.1) is 11.8 Å². The van der Waals surface area contributed by atoms with Crippen LogP contribution in [0.25, 0.3) is 12.2 Å². The molecule has 0 radical (unpaired) electrons. The molecule has 0 fully saturated rings. The highest BCUT2D eigenvalue weighted by Crippen LogP contribution is 2.23. The van der Waals surface area contributed by atoms with Gasteiger partial charge in [-0.25, -0.2) is 0 Å². The van der Waals surface area contributed by atoms with E-state index in [4.69, 9.17) is 0 Å². The maximum atomic E-state index is 9.66. The lowest BCUT2D eigenvalue weighted by molar-refractivity contribution is 0.474. The Bertz CT molecular complexity index is 532. The number of thioether (sulfide) groups is 1. The third-order valence-electron chi connectivity index (χ3n) is 2.52. The van der Waals surface area contributed by atoms with Gasteiger partial charge in [0.05, 0.1) is 0 Å². The second-order valence-corrected chi connectivity index (χ2v) is 4.48. The molecule has 0 aliphatic heterocycles. The smallest absolute Gasteiger partial charge is 0.122 e. The molecular formula is C15H14OS. The number of hydrogen-bond acceptors (Lipinski definition) is 2. The van der Waals surface area contributed by atoms with Crippen LogP contribution in [-0.4, -0.2) is 11.4 Å². The summed E-state index contributed by atoms with van der Waals surface area (Å²) < 4.78 is 0. The predicted octanol–water partition coefficient (Wildman–Crippen LogP) is 4.28. The van der Waals surface area contributed by atoms with Crippen molar-refractivity contribution in [2.75, 3.05) is 6.26 Å². The highest BCUT2D eigenvalue weighted by molar-refractivity contribution is 7.98. The van der Waals surface area contributed by atoms with E-state index in [1.165, 1.54) is 10.5 Å². The van der Waals surface area contributed by atoms with Gasteiger partial charge in [-0.2, -0.15) is 0 Å². The van der Waals surface area contributed by atoms with E-state index >= 15 is 0 Å². The maximum Gasteiger partial charge on any atom is 0.122 e. The summed E-state index contributed by atoms with van der Waals surface area (Å²) >= 11 is 1.72. The summed E-state index contributed by atoms with van der Waals surface area (Å²) in [7, 11) is 0. The van der Waals surface area contributed by atoms with E-state index in [1.54, 1.807) is 17.8 Å². The van der Waals surface area contributed by atoms with Crippen molar-refractivity contribution in [2.45, 2.75) is 4.90 Å². The molecule has 0 atom stereocenters. The first-order chi connectivity index (χ1) is 8.31. The molecule has 17 heavy (non-hydrogen) atoms. The average molecular weight is 242 g/mol. The van der Waals surface area contributed by atoms with Crippen LogP contribution in [0.3, 0.4) is 0 Å². The second-order valence-electron chi connectivity index (χ2n) is 3.63. The van der Waals surface area contributed by atoms with Gasteiger partial charge < -0.3 is 5.11 Å². The summed E-state index contributed by atoms with van der Waals surface area (Å²) in [6.07, 6.45) is 6.03. The molecule has 0 spiro atoms. The summed E-state index contributed by atoms with van der Waals surface area (Å²) in [5.74, 6) is 0.311. The third-order valence-corrected chi connectivity index (χ3v) is 3.33. The van der Waals surface area contributed by atoms with Crippen LogP contribution in [0.4, 0.5) is 0 Å². The monoisotopic (exact) mass is 242 g/mol. The Labute approximate surface area is 106 Å². The van der Waals surface area contributed by atoms with Gasteiger partial charge in [0.1, 0.15) is 5.75 Å². The van der Waals surface area contributed by atoms with Crippen LogP contribution < -0.4 is 0 Å². The fourth-order valence-corrected chi connectivity index (χ4v) is 2.20. The molecule has 0 bridgehead atoms. The van der Waals surface area contributed by atoms with Crippen LogP contribution in [0.15, 0.2) is 53.4 Å². The standard InChI is InChI=1S/C15H14OS/c1-17-15-9-5-3-7-13(15)11-10-12-6-2-4-8-14(12)16/h2-11,16H,1H3/b11-10+. The zero-order chi connectivity index (χ0) is 12.1. The minimum atomic E-state index is 0.311. The molecule has 0 heterocycles. The number of hydrogen-bond donors (Lipinski definition) is 1. The zero-order valence-corrected chi connectivity index (χ0v) is 10.4. The highest BCUT2D eigenvalue weighted by Gasteiger charge is 1.97. The highest BCUT2D eigenvalue weighted by atomic mass is 32.2. The molecule has 86 valence electrons. The van der Waals surface area contributed by atoms with Crippen molar-refractivity contribution in [3.8, 4) is 5.75 Å². The molecule has 0 amide bonds. The van der Waals surface area contributed by atoms with Crippen LogP contribution >= 0.6 is 11.8 Å². The van der Waals surface area contributed by atoms with Crippen molar-refractivity contribution >= 4 is 23.9 Å². The van der Waals surface area contributed by atoms with Gasteiger partial charge in [-0.05, 0) is 24.0 Å². The summed E-state index contributed by atoms with van der Waals surface area (Å²) in [4.78, 5) is 1.24. The second kappa shape index (κ2) is 5.60. The van der Waals surface area contributed by atoms with E-state index in [0.717, 1.165) is 5.56 Å². The summed E-state index contributed by atoms with van der Waals surface area (Å²) in [5, 5.41) is 9.66. The zero-order valence-electron chi connectivity index (χ0n) is 9.63. The number of aromatic hydroxyl groups is 1. The van der Waals surface area contributed by atoms with Crippen molar-refractivity contribution in [3.63, 3.8) is 0 Å². The van der Waals surface area contributed by atoms with E-state index in [1.807, 2.05) is 42.5 Å². The van der Waals surface area contributed by atoms with Crippen molar-refractivity contribution < 1.29 is 5.11 Å². The number of phenolic OH excluding ortho intramolecular Hbond substituents is 1. The molecule has 0 aromatic heterocycles. The van der Waals surface area contributed by atoms with Crippen molar-refractivity contribution in [3.05, 3.63) is 59.7 Å². The van der Waals surface area contributed by atoms with E-state index in [2.05, 4.69) is 18.4 Å². The van der Waals surface area contributed by atoms with Gasteiger partial charge >= 0.3 is 0 Å². The molecule has 2 aromatic carbocycles. The van der Waals surface area contributed by atoms with Gasteiger partial charge in [0, 0.05) is 10.5 Å². The molecular weight excluding hydrogens is 228 g/mol. The molecule has 0 unspecified atom stereocenters. The van der Waals surface area contributed by atoms with Crippen LogP contribution in [0.5, 0.6) is 5.75 Å². The molecule has 0 saturated carbocycles. The Balaban J connectivity index is 2.29. The summed E-state index contributed by atoms with van der Waals surface area (Å²) in [5.41, 5.74) is 2.01. The van der Waals surface area contributed by atoms with Gasteiger partial charge in [0.25, 0.3) is 0 Å². The maximum absolute atomic E-state index is 9.66. The first-order valence-electron chi connectivity index (χ1n) is 5.40. The summed E-state index contributed by atoms with van der Waals surface area (Å²) in [6, 6.07) is 15.5. The average Bonchev–Trinajstić information content (AvgIpc) is 2.38. The number of phenols is 1. The van der Waals surface area contributed by atoms with Crippen molar-refractivity contribution in [2.24, 2.45) is 0 Å². The minimum Gasteiger partial charge on any atom is -0.507 e. The predicted molar refractivity (Wildman–Crippen MR) is 75.3 cm³/mol. The quantitative estimate of drug-likeness (QED) is 0.640. The Morgan fingerprint density at radius 1 is 0.882 bits per heavy atom.